The molecule has 0 bridgehead atoms. The van der Waals surface area contributed by atoms with Crippen molar-refractivity contribution in [3.05, 3.63) is 64.8 Å². The van der Waals surface area contributed by atoms with E-state index in [9.17, 15) is 4.79 Å². The van der Waals surface area contributed by atoms with Crippen LogP contribution in [0.4, 0.5) is 0 Å². The van der Waals surface area contributed by atoms with E-state index in [2.05, 4.69) is 21.7 Å². The smallest absolute Gasteiger partial charge is 0.271 e. The first-order valence-corrected chi connectivity index (χ1v) is 12.4. The van der Waals surface area contributed by atoms with Gasteiger partial charge in [0.1, 0.15) is 17.3 Å². The van der Waals surface area contributed by atoms with E-state index in [1.165, 1.54) is 6.42 Å². The van der Waals surface area contributed by atoms with Crippen LogP contribution in [0.25, 0.3) is 11.4 Å². The van der Waals surface area contributed by atoms with Gasteiger partial charge in [-0.15, -0.1) is 0 Å². The molecule has 1 aliphatic heterocycles. The minimum atomic E-state index is -0.0886. The van der Waals surface area contributed by atoms with Crippen molar-refractivity contribution in [1.82, 2.24) is 19.8 Å². The highest BCUT2D eigenvalue weighted by Gasteiger charge is 2.24. The van der Waals surface area contributed by atoms with Gasteiger partial charge in [0.25, 0.3) is 5.91 Å². The molecule has 7 heteroatoms. The molecule has 6 nitrogen and oxygen atoms in total. The van der Waals surface area contributed by atoms with E-state index in [4.69, 9.17) is 21.0 Å². The van der Waals surface area contributed by atoms with Crippen LogP contribution in [0.3, 0.4) is 0 Å². The number of imidazole rings is 1. The zero-order valence-corrected chi connectivity index (χ0v) is 20.1. The third-order valence-electron chi connectivity index (χ3n) is 6.19. The first kappa shape index (κ1) is 23.6. The lowest BCUT2D eigenvalue weighted by Crippen LogP contribution is -2.35. The lowest BCUT2D eigenvalue weighted by molar-refractivity contribution is 0.0941. The molecule has 176 valence electrons. The van der Waals surface area contributed by atoms with Gasteiger partial charge in [-0.3, -0.25) is 9.69 Å². The first-order chi connectivity index (χ1) is 16.2. The second-order valence-corrected chi connectivity index (χ2v) is 9.10. The third kappa shape index (κ3) is 6.06. The quantitative estimate of drug-likeness (QED) is 0.423. The SMILES string of the molecule is CCCCN(CCNC(=O)c1nc(-c2ccc(Cl)cc2)n2c1CCCCC2)Cc1ccco1. The van der Waals surface area contributed by atoms with E-state index in [1.54, 1.807) is 6.26 Å². The molecule has 0 fully saturated rings. The number of benzene rings is 1. The van der Waals surface area contributed by atoms with Gasteiger partial charge in [-0.05, 0) is 68.6 Å². The molecule has 1 aliphatic rings. The number of fused-ring (bicyclic) bond motifs is 1. The van der Waals surface area contributed by atoms with Crippen LogP contribution in [0.15, 0.2) is 47.1 Å². The molecule has 0 atom stereocenters. The lowest BCUT2D eigenvalue weighted by atomic mass is 10.1. The van der Waals surface area contributed by atoms with Gasteiger partial charge < -0.3 is 14.3 Å². The second kappa shape index (κ2) is 11.5. The number of rotatable bonds is 10. The monoisotopic (exact) mass is 468 g/mol. The molecule has 4 rings (SSSR count). The Morgan fingerprint density at radius 3 is 2.79 bits per heavy atom. The lowest BCUT2D eigenvalue weighted by Gasteiger charge is -2.21. The van der Waals surface area contributed by atoms with Crippen LogP contribution < -0.4 is 5.32 Å². The number of hydrogen-bond acceptors (Lipinski definition) is 4. The summed E-state index contributed by atoms with van der Waals surface area (Å²) in [7, 11) is 0. The molecule has 3 heterocycles. The second-order valence-electron chi connectivity index (χ2n) is 8.66. The van der Waals surface area contributed by atoms with Crippen LogP contribution in [0.2, 0.25) is 5.02 Å². The number of hydrogen-bond donors (Lipinski definition) is 1. The Bertz CT molecular complexity index is 1030. The van der Waals surface area contributed by atoms with Crippen LogP contribution in [0, 0.1) is 0 Å². The van der Waals surface area contributed by atoms with Crippen molar-refractivity contribution in [2.75, 3.05) is 19.6 Å². The number of amides is 1. The minimum absolute atomic E-state index is 0.0886. The summed E-state index contributed by atoms with van der Waals surface area (Å²) in [5.74, 6) is 1.72. The number of carbonyl (C=O) groups excluding carboxylic acids is 1. The van der Waals surface area contributed by atoms with Crippen molar-refractivity contribution in [1.29, 1.82) is 0 Å². The standard InChI is InChI=1S/C26H33ClN4O2/c1-2-3-15-30(19-22-8-7-18-33-22)17-14-28-26(32)24-23-9-5-4-6-16-31(23)25(29-24)20-10-12-21(27)13-11-20/h7-8,10-13,18H,2-6,9,14-17,19H2,1H3,(H,28,32). The van der Waals surface area contributed by atoms with E-state index < -0.39 is 0 Å². The van der Waals surface area contributed by atoms with Crippen molar-refractivity contribution in [3.8, 4) is 11.4 Å². The number of halogens is 1. The molecule has 2 aromatic heterocycles. The summed E-state index contributed by atoms with van der Waals surface area (Å²) in [5, 5.41) is 3.82. The van der Waals surface area contributed by atoms with Gasteiger partial charge in [-0.2, -0.15) is 0 Å². The van der Waals surface area contributed by atoms with Gasteiger partial charge in [0.2, 0.25) is 0 Å². The highest BCUT2D eigenvalue weighted by Crippen LogP contribution is 2.28. The van der Waals surface area contributed by atoms with Crippen molar-refractivity contribution in [2.24, 2.45) is 0 Å². The Morgan fingerprint density at radius 2 is 2.03 bits per heavy atom. The van der Waals surface area contributed by atoms with Gasteiger partial charge in [0, 0.05) is 30.2 Å². The van der Waals surface area contributed by atoms with Crippen LogP contribution in [0.1, 0.15) is 61.0 Å². The Hall–Kier alpha value is -2.57. The normalized spacial score (nSPS) is 13.7. The van der Waals surface area contributed by atoms with E-state index >= 15 is 0 Å². The zero-order valence-electron chi connectivity index (χ0n) is 19.4. The van der Waals surface area contributed by atoms with Gasteiger partial charge in [0.15, 0.2) is 0 Å². The van der Waals surface area contributed by atoms with Crippen LogP contribution in [0.5, 0.6) is 0 Å². The summed E-state index contributed by atoms with van der Waals surface area (Å²) in [6.07, 6.45) is 8.19. The van der Waals surface area contributed by atoms with Crippen LogP contribution >= 0.6 is 11.6 Å². The van der Waals surface area contributed by atoms with Crippen molar-refractivity contribution in [3.63, 3.8) is 0 Å². The number of unbranched alkanes of at least 4 members (excludes halogenated alkanes) is 1. The summed E-state index contributed by atoms with van der Waals surface area (Å²) in [5.41, 5.74) is 2.60. The van der Waals surface area contributed by atoms with E-state index in [1.807, 2.05) is 36.4 Å². The minimum Gasteiger partial charge on any atom is -0.468 e. The number of nitrogens with one attached hydrogen (secondary N) is 1. The average molecular weight is 469 g/mol. The van der Waals surface area contributed by atoms with Crippen LogP contribution in [-0.4, -0.2) is 40.0 Å². The van der Waals surface area contributed by atoms with E-state index in [0.29, 0.717) is 17.3 Å². The van der Waals surface area contributed by atoms with Crippen molar-refractivity contribution in [2.45, 2.75) is 58.5 Å². The molecule has 0 unspecified atom stereocenters. The predicted molar refractivity (Wildman–Crippen MR) is 131 cm³/mol. The molecule has 0 spiro atoms. The number of furan rings is 1. The maximum atomic E-state index is 13.2. The number of nitrogens with zero attached hydrogens (tertiary/aromatic N) is 3. The first-order valence-electron chi connectivity index (χ1n) is 12.0. The molecule has 33 heavy (non-hydrogen) atoms. The van der Waals surface area contributed by atoms with Crippen molar-refractivity contribution >= 4 is 17.5 Å². The molecule has 1 N–H and O–H groups in total. The summed E-state index contributed by atoms with van der Waals surface area (Å²) in [6.45, 7) is 6.16. The average Bonchev–Trinajstić information content (AvgIpc) is 3.39. The molecule has 0 saturated heterocycles. The van der Waals surface area contributed by atoms with Gasteiger partial charge in [0.05, 0.1) is 18.5 Å². The largest absolute Gasteiger partial charge is 0.468 e. The molecule has 1 amide bonds. The number of carbonyl (C=O) groups is 1. The molecule has 1 aromatic carbocycles. The summed E-state index contributed by atoms with van der Waals surface area (Å²) in [6, 6.07) is 11.6. The third-order valence-corrected chi connectivity index (χ3v) is 6.44. The summed E-state index contributed by atoms with van der Waals surface area (Å²) >= 11 is 6.08. The molecular formula is C26H33ClN4O2. The fourth-order valence-electron chi connectivity index (χ4n) is 4.41. The fourth-order valence-corrected chi connectivity index (χ4v) is 4.53. The zero-order chi connectivity index (χ0) is 23.0. The Labute approximate surface area is 200 Å². The molecule has 0 saturated carbocycles. The van der Waals surface area contributed by atoms with E-state index in [-0.39, 0.29) is 5.91 Å². The van der Waals surface area contributed by atoms with Crippen LogP contribution in [-0.2, 0) is 19.5 Å². The van der Waals surface area contributed by atoms with Gasteiger partial charge in [-0.1, -0.05) is 31.4 Å². The van der Waals surface area contributed by atoms with Gasteiger partial charge >= 0.3 is 0 Å². The Kier molecular flexibility index (Phi) is 8.24. The molecule has 3 aromatic rings. The molecular weight excluding hydrogens is 436 g/mol. The van der Waals surface area contributed by atoms with Crippen molar-refractivity contribution < 1.29 is 9.21 Å². The maximum absolute atomic E-state index is 13.2. The Balaban J connectivity index is 1.46. The highest BCUT2D eigenvalue weighted by molar-refractivity contribution is 6.30. The number of aromatic nitrogens is 2. The fraction of sp³-hybridized carbons (Fsp3) is 0.462. The highest BCUT2D eigenvalue weighted by atomic mass is 35.5. The molecule has 0 aliphatic carbocycles. The predicted octanol–water partition coefficient (Wildman–Crippen LogP) is 5.56. The summed E-state index contributed by atoms with van der Waals surface area (Å²) in [4.78, 5) is 20.3. The van der Waals surface area contributed by atoms with E-state index in [0.717, 1.165) is 81.1 Å². The molecule has 0 radical (unpaired) electrons. The van der Waals surface area contributed by atoms with Gasteiger partial charge in [-0.25, -0.2) is 4.98 Å². The Morgan fingerprint density at radius 1 is 1.18 bits per heavy atom. The summed E-state index contributed by atoms with van der Waals surface area (Å²) < 4.78 is 7.75. The maximum Gasteiger partial charge on any atom is 0.271 e. The topological polar surface area (TPSA) is 63.3 Å².